The molecule has 0 atom stereocenters. The van der Waals surface area contributed by atoms with Crippen LogP contribution < -0.4 is 5.32 Å². The van der Waals surface area contributed by atoms with E-state index in [9.17, 15) is 0 Å². The molecule has 0 saturated heterocycles. The fraction of sp³-hybridized carbons (Fsp3) is 0.615. The van der Waals surface area contributed by atoms with Crippen LogP contribution in [-0.2, 0) is 11.3 Å². The predicted molar refractivity (Wildman–Crippen MR) is 71.3 cm³/mol. The number of pyridine rings is 1. The van der Waals surface area contributed by atoms with Gasteiger partial charge in [0.25, 0.3) is 0 Å². The highest BCUT2D eigenvalue weighted by Gasteiger charge is 2.20. The van der Waals surface area contributed by atoms with Crippen molar-refractivity contribution in [1.29, 1.82) is 0 Å². The Morgan fingerprint density at radius 1 is 1.53 bits per heavy atom. The number of thioether (sulfide) groups is 1. The lowest BCUT2D eigenvalue weighted by Gasteiger charge is -2.08. The van der Waals surface area contributed by atoms with Crippen LogP contribution in [0, 0.1) is 0 Å². The van der Waals surface area contributed by atoms with Crippen LogP contribution in [0.3, 0.4) is 0 Å². The Bertz CT molecular complexity index is 342. The minimum Gasteiger partial charge on any atom is -0.385 e. The Balaban J connectivity index is 1.80. The van der Waals surface area contributed by atoms with Gasteiger partial charge in [0, 0.05) is 38.3 Å². The maximum absolute atomic E-state index is 5.05. The number of ether oxygens (including phenoxy) is 1. The highest BCUT2D eigenvalue weighted by atomic mass is 32.2. The molecule has 1 aliphatic carbocycles. The van der Waals surface area contributed by atoms with E-state index in [1.54, 1.807) is 7.11 Å². The molecule has 94 valence electrons. The molecule has 1 aromatic heterocycles. The summed E-state index contributed by atoms with van der Waals surface area (Å²) in [7, 11) is 1.75. The summed E-state index contributed by atoms with van der Waals surface area (Å²) in [6.45, 7) is 1.78. The van der Waals surface area contributed by atoms with Crippen molar-refractivity contribution in [1.82, 2.24) is 10.3 Å². The van der Waals surface area contributed by atoms with Gasteiger partial charge in [0.1, 0.15) is 5.03 Å². The summed E-state index contributed by atoms with van der Waals surface area (Å²) in [5.41, 5.74) is 1.32. The van der Waals surface area contributed by atoms with Crippen LogP contribution in [0.4, 0.5) is 0 Å². The number of nitrogens with one attached hydrogen (secondary N) is 1. The summed E-state index contributed by atoms with van der Waals surface area (Å²) in [6, 6.07) is 4.94. The molecular weight excluding hydrogens is 232 g/mol. The van der Waals surface area contributed by atoms with E-state index in [-0.39, 0.29) is 0 Å². The molecule has 0 spiro atoms. The predicted octanol–water partition coefficient (Wildman–Crippen LogP) is 2.46. The number of hydrogen-bond donors (Lipinski definition) is 1. The largest absolute Gasteiger partial charge is 0.385 e. The molecule has 0 radical (unpaired) electrons. The lowest BCUT2D eigenvalue weighted by Crippen LogP contribution is -2.16. The molecule has 2 rings (SSSR count). The molecule has 1 aliphatic rings. The van der Waals surface area contributed by atoms with Crippen molar-refractivity contribution in [2.24, 2.45) is 0 Å². The van der Waals surface area contributed by atoms with Gasteiger partial charge in [-0.2, -0.15) is 0 Å². The van der Waals surface area contributed by atoms with Crippen molar-refractivity contribution in [3.05, 3.63) is 23.9 Å². The molecule has 1 aromatic rings. The first-order valence-corrected chi connectivity index (χ1v) is 7.17. The van der Waals surface area contributed by atoms with Gasteiger partial charge >= 0.3 is 0 Å². The lowest BCUT2D eigenvalue weighted by molar-refractivity contribution is 0.200. The van der Waals surface area contributed by atoms with Crippen molar-refractivity contribution in [3.63, 3.8) is 0 Å². The molecule has 1 heterocycles. The van der Waals surface area contributed by atoms with E-state index >= 15 is 0 Å². The molecule has 0 bridgehead atoms. The third kappa shape index (κ3) is 4.66. The zero-order valence-electron chi connectivity index (χ0n) is 10.3. The lowest BCUT2D eigenvalue weighted by atomic mass is 10.3. The Morgan fingerprint density at radius 3 is 3.18 bits per heavy atom. The number of nitrogens with zero attached hydrogens (tertiary/aromatic N) is 1. The van der Waals surface area contributed by atoms with E-state index in [1.807, 2.05) is 24.0 Å². The second-order valence-corrected chi connectivity index (χ2v) is 5.40. The van der Waals surface area contributed by atoms with Crippen LogP contribution in [0.2, 0.25) is 0 Å². The van der Waals surface area contributed by atoms with Gasteiger partial charge in [-0.25, -0.2) is 4.98 Å². The zero-order valence-corrected chi connectivity index (χ0v) is 11.1. The normalized spacial score (nSPS) is 15.1. The van der Waals surface area contributed by atoms with Crippen LogP contribution in [0.15, 0.2) is 23.4 Å². The van der Waals surface area contributed by atoms with E-state index in [0.29, 0.717) is 0 Å². The van der Waals surface area contributed by atoms with Crippen LogP contribution in [-0.4, -0.2) is 30.5 Å². The fourth-order valence-electron chi connectivity index (χ4n) is 1.60. The van der Waals surface area contributed by atoms with Crippen molar-refractivity contribution < 1.29 is 4.74 Å². The van der Waals surface area contributed by atoms with Gasteiger partial charge in [-0.15, -0.1) is 11.8 Å². The van der Waals surface area contributed by atoms with E-state index in [0.717, 1.165) is 36.4 Å². The average Bonchev–Trinajstić information content (AvgIpc) is 3.17. The van der Waals surface area contributed by atoms with Crippen molar-refractivity contribution in [2.45, 2.75) is 36.9 Å². The minimum absolute atomic E-state index is 0.751. The first-order valence-electron chi connectivity index (χ1n) is 6.19. The summed E-state index contributed by atoms with van der Waals surface area (Å²) in [6.07, 6.45) is 5.61. The van der Waals surface area contributed by atoms with Crippen LogP contribution in [0.1, 0.15) is 24.8 Å². The summed E-state index contributed by atoms with van der Waals surface area (Å²) < 4.78 is 5.05. The maximum atomic E-state index is 5.05. The molecule has 0 unspecified atom stereocenters. The Labute approximate surface area is 107 Å². The number of aromatic nitrogens is 1. The SMILES string of the molecule is COCCCSc1ncccc1CNC1CC1. The number of methoxy groups -OCH3 is 1. The molecule has 1 saturated carbocycles. The van der Waals surface area contributed by atoms with Gasteiger partial charge in [0.05, 0.1) is 0 Å². The second kappa shape index (κ2) is 6.99. The third-order valence-corrected chi connectivity index (χ3v) is 3.87. The summed E-state index contributed by atoms with van der Waals surface area (Å²) in [4.78, 5) is 4.46. The average molecular weight is 252 g/mol. The van der Waals surface area contributed by atoms with Crippen molar-refractivity contribution in [2.75, 3.05) is 19.5 Å². The highest BCUT2D eigenvalue weighted by molar-refractivity contribution is 7.99. The van der Waals surface area contributed by atoms with Crippen molar-refractivity contribution >= 4 is 11.8 Å². The number of rotatable bonds is 8. The Morgan fingerprint density at radius 2 is 2.41 bits per heavy atom. The van der Waals surface area contributed by atoms with Crippen molar-refractivity contribution in [3.8, 4) is 0 Å². The molecule has 1 N–H and O–H groups in total. The van der Waals surface area contributed by atoms with Crippen LogP contribution in [0.5, 0.6) is 0 Å². The third-order valence-electron chi connectivity index (χ3n) is 2.74. The standard InChI is InChI=1S/C13H20N2OS/c1-16-8-3-9-17-13-11(4-2-7-14-13)10-15-12-5-6-12/h2,4,7,12,15H,3,5-6,8-10H2,1H3. The zero-order chi connectivity index (χ0) is 11.9. The van der Waals surface area contributed by atoms with Crippen LogP contribution in [0.25, 0.3) is 0 Å². The molecule has 17 heavy (non-hydrogen) atoms. The van der Waals surface area contributed by atoms with E-state index in [2.05, 4.69) is 16.4 Å². The fourth-order valence-corrected chi connectivity index (χ4v) is 2.52. The van der Waals surface area contributed by atoms with Crippen LogP contribution >= 0.6 is 11.8 Å². The quantitative estimate of drug-likeness (QED) is 0.569. The summed E-state index contributed by atoms with van der Waals surface area (Å²) in [5.74, 6) is 1.07. The topological polar surface area (TPSA) is 34.1 Å². The van der Waals surface area contributed by atoms with Gasteiger partial charge in [-0.3, -0.25) is 0 Å². The van der Waals surface area contributed by atoms with Gasteiger partial charge in [-0.1, -0.05) is 6.07 Å². The monoisotopic (exact) mass is 252 g/mol. The second-order valence-electron chi connectivity index (χ2n) is 4.32. The molecule has 0 amide bonds. The Hall–Kier alpha value is -0.580. The smallest absolute Gasteiger partial charge is 0.100 e. The molecule has 0 aromatic carbocycles. The maximum Gasteiger partial charge on any atom is 0.100 e. The molecular formula is C13H20N2OS. The molecule has 0 aliphatic heterocycles. The summed E-state index contributed by atoms with van der Waals surface area (Å²) in [5, 5.41) is 4.70. The summed E-state index contributed by atoms with van der Waals surface area (Å²) >= 11 is 1.83. The van der Waals surface area contributed by atoms with Gasteiger partial charge in [0.2, 0.25) is 0 Å². The van der Waals surface area contributed by atoms with Gasteiger partial charge in [-0.05, 0) is 30.9 Å². The molecule has 3 nitrogen and oxygen atoms in total. The Kier molecular flexibility index (Phi) is 5.29. The first kappa shape index (κ1) is 12.9. The van der Waals surface area contributed by atoms with E-state index < -0.39 is 0 Å². The van der Waals surface area contributed by atoms with E-state index in [4.69, 9.17) is 4.74 Å². The highest BCUT2D eigenvalue weighted by Crippen LogP contribution is 2.23. The van der Waals surface area contributed by atoms with E-state index in [1.165, 1.54) is 18.4 Å². The van der Waals surface area contributed by atoms with Gasteiger partial charge < -0.3 is 10.1 Å². The molecule has 4 heteroatoms. The van der Waals surface area contributed by atoms with Gasteiger partial charge in [0.15, 0.2) is 0 Å². The number of hydrogen-bond acceptors (Lipinski definition) is 4. The molecule has 1 fully saturated rings. The first-order chi connectivity index (χ1) is 8.40. The minimum atomic E-state index is 0.751.